The van der Waals surface area contributed by atoms with Crippen LogP contribution in [0, 0.1) is 0 Å². The second kappa shape index (κ2) is 3.16. The van der Waals surface area contributed by atoms with Crippen molar-refractivity contribution >= 4 is 32.3 Å². The Morgan fingerprint density at radius 3 is 2.47 bits per heavy atom. The Labute approximate surface area is 111 Å². The van der Waals surface area contributed by atoms with E-state index in [1.807, 2.05) is 0 Å². The lowest BCUT2D eigenvalue weighted by atomic mass is 9.97. The molecule has 1 aliphatic carbocycles. The van der Waals surface area contributed by atoms with Gasteiger partial charge in [0.2, 0.25) is 0 Å². The summed E-state index contributed by atoms with van der Waals surface area (Å²) in [6, 6.07) is 22.3. The molecule has 5 rings (SSSR count). The maximum Gasteiger partial charge on any atom is -0.00128 e. The Kier molecular flexibility index (Phi) is 1.59. The molecule has 0 saturated carbocycles. The van der Waals surface area contributed by atoms with E-state index in [0.717, 1.165) is 6.42 Å². The molecule has 88 valence electrons. The molecule has 0 bridgehead atoms. The van der Waals surface area contributed by atoms with Gasteiger partial charge in [-0.1, -0.05) is 60.7 Å². The van der Waals surface area contributed by atoms with E-state index in [2.05, 4.69) is 60.7 Å². The highest BCUT2D eigenvalue weighted by Gasteiger charge is 2.18. The molecule has 0 aliphatic heterocycles. The van der Waals surface area contributed by atoms with Crippen LogP contribution in [0.4, 0.5) is 0 Å². The first-order valence-corrected chi connectivity index (χ1v) is 6.77. The Morgan fingerprint density at radius 1 is 0.579 bits per heavy atom. The monoisotopic (exact) mass is 240 g/mol. The maximum atomic E-state index is 2.37. The molecule has 0 saturated heterocycles. The van der Waals surface area contributed by atoms with E-state index < -0.39 is 0 Å². The summed E-state index contributed by atoms with van der Waals surface area (Å²) in [6.07, 6.45) is 1.08. The number of hydrogen-bond acceptors (Lipinski definition) is 0. The molecule has 4 aromatic rings. The average Bonchev–Trinajstić information content (AvgIpc) is 2.83. The number of fused-ring (bicyclic) bond motifs is 2. The van der Waals surface area contributed by atoms with E-state index in [1.54, 1.807) is 0 Å². The van der Waals surface area contributed by atoms with E-state index in [1.165, 1.54) is 43.4 Å². The fourth-order valence-electron chi connectivity index (χ4n) is 3.63. The molecule has 0 radical (unpaired) electrons. The van der Waals surface area contributed by atoms with E-state index in [-0.39, 0.29) is 0 Å². The molecular weight excluding hydrogens is 228 g/mol. The zero-order chi connectivity index (χ0) is 12.4. The van der Waals surface area contributed by atoms with Crippen LogP contribution in [0.5, 0.6) is 0 Å². The topological polar surface area (TPSA) is 0 Å². The standard InChI is InChI=1S/C19H12/c1-2-7-16-13(4-1)10-15-11-14-6-3-5-12-8-9-17(16)19(15)18(12)14/h1-10H,11H2. The molecule has 0 unspecified atom stereocenters. The third-order valence-electron chi connectivity index (χ3n) is 4.41. The Morgan fingerprint density at radius 2 is 1.47 bits per heavy atom. The van der Waals surface area contributed by atoms with E-state index in [9.17, 15) is 0 Å². The van der Waals surface area contributed by atoms with Gasteiger partial charge in [0, 0.05) is 0 Å². The first-order valence-electron chi connectivity index (χ1n) is 6.77. The first kappa shape index (κ1) is 9.57. The SMILES string of the molecule is c1ccc2c(c1)cc1c3c2ccc2cccc(c23)C1. The molecule has 0 heteroatoms. The van der Waals surface area contributed by atoms with Crippen LogP contribution in [0.1, 0.15) is 11.1 Å². The van der Waals surface area contributed by atoms with Gasteiger partial charge in [0.1, 0.15) is 0 Å². The second-order valence-electron chi connectivity index (χ2n) is 5.44. The molecular formula is C19H12. The number of hydrogen-bond donors (Lipinski definition) is 0. The Balaban J connectivity index is 2.17. The first-order chi connectivity index (χ1) is 9.42. The molecule has 0 fully saturated rings. The van der Waals surface area contributed by atoms with Crippen LogP contribution in [0.2, 0.25) is 0 Å². The van der Waals surface area contributed by atoms with Crippen LogP contribution in [-0.4, -0.2) is 0 Å². The summed E-state index contributed by atoms with van der Waals surface area (Å²) in [5.41, 5.74) is 2.97. The second-order valence-corrected chi connectivity index (χ2v) is 5.44. The zero-order valence-corrected chi connectivity index (χ0v) is 10.5. The van der Waals surface area contributed by atoms with Crippen molar-refractivity contribution in [1.82, 2.24) is 0 Å². The summed E-state index contributed by atoms with van der Waals surface area (Å²) >= 11 is 0. The third-order valence-corrected chi connectivity index (χ3v) is 4.41. The van der Waals surface area contributed by atoms with Gasteiger partial charge >= 0.3 is 0 Å². The predicted molar refractivity (Wildman–Crippen MR) is 81.8 cm³/mol. The van der Waals surface area contributed by atoms with E-state index in [0.29, 0.717) is 0 Å². The highest BCUT2D eigenvalue weighted by atomic mass is 14.2. The van der Waals surface area contributed by atoms with Gasteiger partial charge in [-0.25, -0.2) is 0 Å². The molecule has 0 amide bonds. The zero-order valence-electron chi connectivity index (χ0n) is 10.5. The minimum Gasteiger partial charge on any atom is -0.0616 e. The summed E-state index contributed by atoms with van der Waals surface area (Å²) in [6.45, 7) is 0. The van der Waals surface area contributed by atoms with E-state index >= 15 is 0 Å². The fourth-order valence-corrected chi connectivity index (χ4v) is 3.63. The summed E-state index contributed by atoms with van der Waals surface area (Å²) in [5, 5.41) is 8.47. The minimum absolute atomic E-state index is 1.08. The molecule has 0 aromatic heterocycles. The van der Waals surface area contributed by atoms with Crippen molar-refractivity contribution in [2.75, 3.05) is 0 Å². The van der Waals surface area contributed by atoms with Crippen molar-refractivity contribution in [3.05, 3.63) is 71.8 Å². The van der Waals surface area contributed by atoms with Crippen LogP contribution in [0.15, 0.2) is 60.7 Å². The normalized spacial score (nSPS) is 13.1. The Hall–Kier alpha value is -2.34. The molecule has 0 atom stereocenters. The van der Waals surface area contributed by atoms with Gasteiger partial charge in [0.05, 0.1) is 0 Å². The van der Waals surface area contributed by atoms with Crippen LogP contribution >= 0.6 is 0 Å². The van der Waals surface area contributed by atoms with Crippen LogP contribution in [-0.2, 0) is 6.42 Å². The smallest absolute Gasteiger partial charge is 0.00128 e. The van der Waals surface area contributed by atoms with Gasteiger partial charge in [0.25, 0.3) is 0 Å². The molecule has 0 nitrogen and oxygen atoms in total. The predicted octanol–water partition coefficient (Wildman–Crippen LogP) is 5.05. The van der Waals surface area contributed by atoms with Crippen LogP contribution in [0.25, 0.3) is 32.3 Å². The van der Waals surface area contributed by atoms with Gasteiger partial charge in [-0.3, -0.25) is 0 Å². The highest BCUT2D eigenvalue weighted by molar-refractivity contribution is 6.21. The average molecular weight is 240 g/mol. The molecule has 0 spiro atoms. The summed E-state index contributed by atoms with van der Waals surface area (Å²) < 4.78 is 0. The summed E-state index contributed by atoms with van der Waals surface area (Å²) in [5.74, 6) is 0. The molecule has 19 heavy (non-hydrogen) atoms. The van der Waals surface area contributed by atoms with Crippen molar-refractivity contribution in [3.8, 4) is 0 Å². The molecule has 1 aliphatic rings. The van der Waals surface area contributed by atoms with Crippen molar-refractivity contribution in [3.63, 3.8) is 0 Å². The van der Waals surface area contributed by atoms with Gasteiger partial charge < -0.3 is 0 Å². The van der Waals surface area contributed by atoms with Gasteiger partial charge in [0.15, 0.2) is 0 Å². The van der Waals surface area contributed by atoms with Gasteiger partial charge in [-0.2, -0.15) is 0 Å². The van der Waals surface area contributed by atoms with Crippen molar-refractivity contribution in [1.29, 1.82) is 0 Å². The van der Waals surface area contributed by atoms with Crippen molar-refractivity contribution in [2.45, 2.75) is 6.42 Å². The van der Waals surface area contributed by atoms with Crippen molar-refractivity contribution < 1.29 is 0 Å². The quantitative estimate of drug-likeness (QED) is 0.332. The lowest BCUT2D eigenvalue weighted by Crippen LogP contribution is -1.82. The van der Waals surface area contributed by atoms with E-state index in [4.69, 9.17) is 0 Å². The fraction of sp³-hybridized carbons (Fsp3) is 0.0526. The summed E-state index contributed by atoms with van der Waals surface area (Å²) in [4.78, 5) is 0. The highest BCUT2D eigenvalue weighted by Crippen LogP contribution is 2.41. The van der Waals surface area contributed by atoms with Gasteiger partial charge in [-0.15, -0.1) is 0 Å². The van der Waals surface area contributed by atoms with Crippen LogP contribution < -0.4 is 0 Å². The lowest BCUT2D eigenvalue weighted by Gasteiger charge is -2.07. The van der Waals surface area contributed by atoms with Gasteiger partial charge in [-0.05, 0) is 49.9 Å². The molecule has 0 N–H and O–H groups in total. The summed E-state index contributed by atoms with van der Waals surface area (Å²) in [7, 11) is 0. The number of benzene rings is 4. The third kappa shape index (κ3) is 1.09. The van der Waals surface area contributed by atoms with Crippen LogP contribution in [0.3, 0.4) is 0 Å². The van der Waals surface area contributed by atoms with Crippen molar-refractivity contribution in [2.24, 2.45) is 0 Å². The largest absolute Gasteiger partial charge is 0.0616 e. The maximum absolute atomic E-state index is 2.37. The Bertz CT molecular complexity index is 976. The molecule has 0 heterocycles. The number of rotatable bonds is 0. The lowest BCUT2D eigenvalue weighted by molar-refractivity contribution is 1.28. The minimum atomic E-state index is 1.08. The molecule has 4 aromatic carbocycles.